The van der Waals surface area contributed by atoms with Crippen LogP contribution in [-0.2, 0) is 42.2 Å². The molecule has 0 aromatic heterocycles. The monoisotopic (exact) mass is 1080 g/mol. The minimum atomic E-state index is 0. The third-order valence-electron chi connectivity index (χ3n) is 15.0. The summed E-state index contributed by atoms with van der Waals surface area (Å²) in [7, 11) is 0. The van der Waals surface area contributed by atoms with Gasteiger partial charge in [-0.15, -0.1) is 4.79 Å². The molecular weight excluding hydrogens is 951 g/mol. The topological polar surface area (TPSA) is 36.4 Å². The van der Waals surface area contributed by atoms with Crippen molar-refractivity contribution in [2.45, 2.75) is 350 Å². The Morgan fingerprint density at radius 1 is 0.360 bits per heavy atom. The average Bonchev–Trinajstić information content (AvgIpc) is 3.41. The SMILES string of the molecule is CCCCCCc1cc(CCCCCC)cc(C(=CC(=C=[N+]=[N-])CCCC)c2cc(CCCCC)cc(CCCCC)c2)c1.[CH2-]CCCCCCCCCCCCCC.[CH2-]CCCCCCCCCCCCCC.[Ni+2]. The number of hydrogen-bond donors (Lipinski definition) is 0. The molecule has 0 radical (unpaired) electrons. The van der Waals surface area contributed by atoms with Crippen LogP contribution < -0.4 is 0 Å². The van der Waals surface area contributed by atoms with Crippen molar-refractivity contribution in [2.24, 2.45) is 0 Å². The molecule has 0 amide bonds. The largest absolute Gasteiger partial charge is 2.00 e. The molecule has 0 N–H and O–H groups in total. The number of benzene rings is 2. The van der Waals surface area contributed by atoms with Gasteiger partial charge in [0.1, 0.15) is 0 Å². The summed E-state index contributed by atoms with van der Waals surface area (Å²) in [5.74, 6) is 2.95. The summed E-state index contributed by atoms with van der Waals surface area (Å²) in [4.78, 5) is 3.38. The molecule has 2 nitrogen and oxygen atoms in total. The second kappa shape index (κ2) is 59.5. The van der Waals surface area contributed by atoms with Crippen molar-refractivity contribution < 1.29 is 21.3 Å². The number of hydrogen-bond acceptors (Lipinski definition) is 0. The van der Waals surface area contributed by atoms with E-state index in [0.29, 0.717) is 0 Å². The Balaban J connectivity index is 0. The molecule has 2 aromatic carbocycles. The van der Waals surface area contributed by atoms with Crippen LogP contribution in [0.15, 0.2) is 48.0 Å². The first kappa shape index (κ1) is 74.9. The summed E-state index contributed by atoms with van der Waals surface area (Å²) < 4.78 is 0. The molecule has 434 valence electrons. The van der Waals surface area contributed by atoms with Gasteiger partial charge in [0.25, 0.3) is 0 Å². The summed E-state index contributed by atoms with van der Waals surface area (Å²) in [5.41, 5.74) is 20.2. The van der Waals surface area contributed by atoms with Crippen LogP contribution in [0.3, 0.4) is 0 Å². The van der Waals surface area contributed by atoms with Crippen molar-refractivity contribution in [3.8, 4) is 0 Å². The zero-order valence-corrected chi connectivity index (χ0v) is 52.4. The Labute approximate surface area is 481 Å². The van der Waals surface area contributed by atoms with Gasteiger partial charge in [0, 0.05) is 0 Å². The third-order valence-corrected chi connectivity index (χ3v) is 15.0. The number of nitrogens with zero attached hydrogens (tertiary/aromatic N) is 2. The van der Waals surface area contributed by atoms with Gasteiger partial charge in [-0.2, -0.15) is 12.8 Å². The van der Waals surface area contributed by atoms with Crippen LogP contribution in [0.1, 0.15) is 358 Å². The van der Waals surface area contributed by atoms with E-state index in [0.717, 1.165) is 63.4 Å². The van der Waals surface area contributed by atoms with Gasteiger partial charge in [-0.25, -0.2) is 0 Å². The summed E-state index contributed by atoms with van der Waals surface area (Å²) in [6, 6.07) is 14.8. The summed E-state index contributed by atoms with van der Waals surface area (Å²) in [5, 5.41) is 0. The first-order valence-corrected chi connectivity index (χ1v) is 32.9. The quantitative estimate of drug-likeness (QED) is 0.0120. The minimum absolute atomic E-state index is 0. The Hall–Kier alpha value is -2.17. The van der Waals surface area contributed by atoms with Crippen molar-refractivity contribution in [3.05, 3.63) is 101 Å². The second-order valence-electron chi connectivity index (χ2n) is 22.5. The fraction of sp³-hybridized carbons (Fsp3) is 0.750. The molecule has 0 aliphatic rings. The van der Waals surface area contributed by atoms with Gasteiger partial charge >= 0.3 is 22.4 Å². The van der Waals surface area contributed by atoms with E-state index in [9.17, 15) is 5.53 Å². The number of unbranched alkanes of at least 4 members (excludes halogenated alkanes) is 35. The van der Waals surface area contributed by atoms with E-state index in [2.05, 4.69) is 115 Å². The van der Waals surface area contributed by atoms with Gasteiger partial charge in [-0.3, -0.25) is 0 Å². The van der Waals surface area contributed by atoms with Crippen LogP contribution in [0.25, 0.3) is 11.1 Å². The van der Waals surface area contributed by atoms with Crippen molar-refractivity contribution in [1.82, 2.24) is 0 Å². The molecule has 0 fully saturated rings. The molecule has 0 heterocycles. The smallest absolute Gasteiger partial charge is 0.348 e. The molecule has 0 unspecified atom stereocenters. The zero-order chi connectivity index (χ0) is 54.2. The molecule has 3 heteroatoms. The average molecular weight is 1080 g/mol. The van der Waals surface area contributed by atoms with E-state index < -0.39 is 0 Å². The van der Waals surface area contributed by atoms with Crippen molar-refractivity contribution in [3.63, 3.8) is 0 Å². The molecule has 0 spiro atoms. The Morgan fingerprint density at radius 2 is 0.600 bits per heavy atom. The third kappa shape index (κ3) is 46.5. The maximum Gasteiger partial charge on any atom is 2.00 e. The Bertz CT molecular complexity index is 1520. The van der Waals surface area contributed by atoms with E-state index in [1.165, 1.54) is 283 Å². The van der Waals surface area contributed by atoms with Gasteiger partial charge in [-0.05, 0) is 109 Å². The molecule has 75 heavy (non-hydrogen) atoms. The standard InChI is InChI=1S/C42H64N2.2C15H31.Ni/c1-6-11-16-20-25-37-28-38(26-21-17-12-7-2)32-41(31-37)42(33-39(34-44-43)22-15-10-5)40-29-35(23-18-13-8-3)27-36(30-40)24-19-14-9-4;2*1-3-5-7-9-11-13-15-14-12-10-8-6-4-2;/h27-33H,6-26H2,1-5H3;2*1,3-15H2,2H3;/q;2*-1;+2. The predicted octanol–water partition coefficient (Wildman–Crippen LogP) is 24.7. The summed E-state index contributed by atoms with van der Waals surface area (Å²) in [6.45, 7) is 23.7. The molecule has 2 rings (SSSR count). The molecule has 2 aromatic rings. The normalized spacial score (nSPS) is 11.0. The number of aryl methyl sites for hydroxylation is 4. The van der Waals surface area contributed by atoms with E-state index in [1.54, 1.807) is 0 Å². The van der Waals surface area contributed by atoms with E-state index in [1.807, 2.05) is 0 Å². The molecule has 0 aliphatic heterocycles. The molecule has 0 saturated heterocycles. The summed E-state index contributed by atoms with van der Waals surface area (Å²) >= 11 is 0. The van der Waals surface area contributed by atoms with Crippen molar-refractivity contribution in [2.75, 3.05) is 0 Å². The number of allylic oxidation sites excluding steroid dienone is 2. The van der Waals surface area contributed by atoms with Gasteiger partial charge in [0.15, 0.2) is 0 Å². The minimum Gasteiger partial charge on any atom is -0.348 e. The second-order valence-corrected chi connectivity index (χ2v) is 22.5. The fourth-order valence-corrected chi connectivity index (χ4v) is 10.2. The number of rotatable bonds is 48. The molecule has 0 aliphatic carbocycles. The summed E-state index contributed by atoms with van der Waals surface area (Å²) in [6.07, 6.45) is 64.3. The molecular formula is C72H126N2Ni. The first-order chi connectivity index (χ1) is 36.4. The first-order valence-electron chi connectivity index (χ1n) is 32.9. The van der Waals surface area contributed by atoms with Crippen LogP contribution in [0, 0.1) is 13.8 Å². The van der Waals surface area contributed by atoms with Crippen molar-refractivity contribution in [1.29, 1.82) is 0 Å². The van der Waals surface area contributed by atoms with Crippen LogP contribution in [0.4, 0.5) is 0 Å². The molecule has 0 bridgehead atoms. The maximum atomic E-state index is 9.55. The van der Waals surface area contributed by atoms with Gasteiger partial charge < -0.3 is 19.4 Å². The van der Waals surface area contributed by atoms with Crippen LogP contribution in [0.5, 0.6) is 0 Å². The zero-order valence-electron chi connectivity index (χ0n) is 51.4. The molecule has 0 atom stereocenters. The Morgan fingerprint density at radius 3 is 0.867 bits per heavy atom. The van der Waals surface area contributed by atoms with Gasteiger partial charge in [0.05, 0.1) is 5.57 Å². The van der Waals surface area contributed by atoms with Crippen LogP contribution in [0.2, 0.25) is 0 Å². The molecule has 0 saturated carbocycles. The maximum absolute atomic E-state index is 9.55. The van der Waals surface area contributed by atoms with Crippen molar-refractivity contribution >= 4 is 11.4 Å². The Kier molecular flexibility index (Phi) is 59.4. The van der Waals surface area contributed by atoms with Gasteiger partial charge in [-0.1, -0.05) is 310 Å². The van der Waals surface area contributed by atoms with E-state index in [-0.39, 0.29) is 16.5 Å². The fourth-order valence-electron chi connectivity index (χ4n) is 10.2. The van der Waals surface area contributed by atoms with E-state index >= 15 is 0 Å². The van der Waals surface area contributed by atoms with Crippen LogP contribution in [-0.4, -0.2) is 10.7 Å². The van der Waals surface area contributed by atoms with E-state index in [4.69, 9.17) is 0 Å². The predicted molar refractivity (Wildman–Crippen MR) is 336 cm³/mol. The van der Waals surface area contributed by atoms with Crippen LogP contribution >= 0.6 is 0 Å². The van der Waals surface area contributed by atoms with Gasteiger partial charge in [0.2, 0.25) is 0 Å².